The van der Waals surface area contributed by atoms with E-state index in [1.165, 1.54) is 25.3 Å². The molecular formula is C21H19ClN2O5S. The van der Waals surface area contributed by atoms with Gasteiger partial charge in [-0.05, 0) is 54.6 Å². The van der Waals surface area contributed by atoms with Crippen LogP contribution in [0.3, 0.4) is 0 Å². The van der Waals surface area contributed by atoms with Crippen molar-refractivity contribution < 1.29 is 22.7 Å². The summed E-state index contributed by atoms with van der Waals surface area (Å²) in [6.45, 7) is -0.243. The van der Waals surface area contributed by atoms with E-state index in [0.29, 0.717) is 27.9 Å². The van der Waals surface area contributed by atoms with Crippen molar-refractivity contribution >= 4 is 38.9 Å². The molecule has 9 heteroatoms. The first kappa shape index (κ1) is 21.5. The van der Waals surface area contributed by atoms with Gasteiger partial charge in [0.05, 0.1) is 12.0 Å². The van der Waals surface area contributed by atoms with Crippen molar-refractivity contribution in [1.82, 2.24) is 0 Å². The monoisotopic (exact) mass is 446 g/mol. The van der Waals surface area contributed by atoms with Crippen LogP contribution >= 0.6 is 11.6 Å². The van der Waals surface area contributed by atoms with E-state index in [4.69, 9.17) is 21.1 Å². The number of hydrogen-bond donors (Lipinski definition) is 2. The Morgan fingerprint density at radius 2 is 1.63 bits per heavy atom. The summed E-state index contributed by atoms with van der Waals surface area (Å²) in [5.74, 6) is 0.657. The number of sulfonamides is 1. The quantitative estimate of drug-likeness (QED) is 0.541. The van der Waals surface area contributed by atoms with Gasteiger partial charge in [0.25, 0.3) is 15.9 Å². The maximum atomic E-state index is 12.6. The van der Waals surface area contributed by atoms with E-state index < -0.39 is 15.9 Å². The molecule has 1 amide bonds. The molecule has 0 fully saturated rings. The molecule has 156 valence electrons. The molecule has 0 aliphatic carbocycles. The molecule has 0 saturated carbocycles. The molecule has 0 aliphatic heterocycles. The molecule has 2 N–H and O–H groups in total. The number of ether oxygens (including phenoxy) is 2. The number of anilines is 2. The van der Waals surface area contributed by atoms with Gasteiger partial charge in [-0.25, -0.2) is 8.42 Å². The molecule has 3 aromatic carbocycles. The Bertz CT molecular complexity index is 1130. The van der Waals surface area contributed by atoms with Gasteiger partial charge < -0.3 is 14.8 Å². The largest absolute Gasteiger partial charge is 0.497 e. The summed E-state index contributed by atoms with van der Waals surface area (Å²) < 4.78 is 38.2. The van der Waals surface area contributed by atoms with Gasteiger partial charge >= 0.3 is 0 Å². The Labute approximate surface area is 179 Å². The lowest BCUT2D eigenvalue weighted by Crippen LogP contribution is -2.20. The van der Waals surface area contributed by atoms with E-state index in [1.807, 2.05) is 0 Å². The second-order valence-electron chi connectivity index (χ2n) is 6.16. The van der Waals surface area contributed by atoms with Crippen molar-refractivity contribution in [2.24, 2.45) is 0 Å². The molecule has 0 aromatic heterocycles. The van der Waals surface area contributed by atoms with Gasteiger partial charge in [0, 0.05) is 22.5 Å². The lowest BCUT2D eigenvalue weighted by Gasteiger charge is -2.11. The number of benzene rings is 3. The van der Waals surface area contributed by atoms with Gasteiger partial charge in [-0.3, -0.25) is 9.52 Å². The third-order valence-electron chi connectivity index (χ3n) is 3.94. The minimum atomic E-state index is -3.84. The van der Waals surface area contributed by atoms with Gasteiger partial charge in [-0.1, -0.05) is 23.7 Å². The molecule has 3 rings (SSSR count). The molecule has 0 atom stereocenters. The van der Waals surface area contributed by atoms with Crippen LogP contribution in [0.4, 0.5) is 11.4 Å². The standard InChI is InChI=1S/C21H19ClN2O5S/c1-28-18-5-3-6-19(13-18)29-14-21(25)23-17-4-2-7-20(12-17)30(26,27)24-16-10-8-15(22)9-11-16/h2-13,24H,14H2,1H3,(H,23,25). The topological polar surface area (TPSA) is 93.7 Å². The van der Waals surface area contributed by atoms with Crippen molar-refractivity contribution in [2.45, 2.75) is 4.90 Å². The van der Waals surface area contributed by atoms with Gasteiger partial charge in [0.1, 0.15) is 11.5 Å². The van der Waals surface area contributed by atoms with Crippen molar-refractivity contribution in [3.8, 4) is 11.5 Å². The molecule has 0 aliphatic rings. The van der Waals surface area contributed by atoms with Crippen LogP contribution in [-0.2, 0) is 14.8 Å². The highest BCUT2D eigenvalue weighted by molar-refractivity contribution is 7.92. The number of rotatable bonds is 8. The van der Waals surface area contributed by atoms with Crippen LogP contribution in [0.25, 0.3) is 0 Å². The third-order valence-corrected chi connectivity index (χ3v) is 5.57. The fourth-order valence-electron chi connectivity index (χ4n) is 2.51. The molecule has 0 saturated heterocycles. The Morgan fingerprint density at radius 3 is 2.37 bits per heavy atom. The highest BCUT2D eigenvalue weighted by atomic mass is 35.5. The van der Waals surface area contributed by atoms with Crippen molar-refractivity contribution in [3.05, 3.63) is 77.8 Å². The highest BCUT2D eigenvalue weighted by Crippen LogP contribution is 2.21. The number of methoxy groups -OCH3 is 1. The summed E-state index contributed by atoms with van der Waals surface area (Å²) in [5.41, 5.74) is 0.703. The van der Waals surface area contributed by atoms with E-state index in [9.17, 15) is 13.2 Å². The molecular weight excluding hydrogens is 428 g/mol. The van der Waals surface area contributed by atoms with Gasteiger partial charge in [0.15, 0.2) is 6.61 Å². The number of carbonyl (C=O) groups excluding carboxylic acids is 1. The number of halogens is 1. The first-order chi connectivity index (χ1) is 14.4. The van der Waals surface area contributed by atoms with Crippen LogP contribution in [0.1, 0.15) is 0 Å². The maximum absolute atomic E-state index is 12.6. The molecule has 0 bridgehead atoms. The summed E-state index contributed by atoms with van der Waals surface area (Å²) in [6, 6.07) is 19.1. The van der Waals surface area contributed by atoms with Crippen molar-refractivity contribution in [1.29, 1.82) is 0 Å². The summed E-state index contributed by atoms with van der Waals surface area (Å²) >= 11 is 5.82. The lowest BCUT2D eigenvalue weighted by molar-refractivity contribution is -0.118. The third kappa shape index (κ3) is 5.88. The molecule has 7 nitrogen and oxygen atoms in total. The average molecular weight is 447 g/mol. The number of nitrogens with one attached hydrogen (secondary N) is 2. The SMILES string of the molecule is COc1cccc(OCC(=O)Nc2cccc(S(=O)(=O)Nc3ccc(Cl)cc3)c2)c1. The normalized spacial score (nSPS) is 10.9. The minimum Gasteiger partial charge on any atom is -0.497 e. The molecule has 0 spiro atoms. The number of hydrogen-bond acceptors (Lipinski definition) is 5. The fraction of sp³-hybridized carbons (Fsp3) is 0.0952. The van der Waals surface area contributed by atoms with Crippen LogP contribution in [-0.4, -0.2) is 28.0 Å². The number of amides is 1. The smallest absolute Gasteiger partial charge is 0.262 e. The summed E-state index contributed by atoms with van der Waals surface area (Å²) in [4.78, 5) is 12.2. The van der Waals surface area contributed by atoms with Crippen LogP contribution in [0, 0.1) is 0 Å². The summed E-state index contributed by atoms with van der Waals surface area (Å²) in [5, 5.41) is 3.12. The Balaban J connectivity index is 1.64. The Hall–Kier alpha value is -3.23. The van der Waals surface area contributed by atoms with E-state index in [-0.39, 0.29) is 11.5 Å². The highest BCUT2D eigenvalue weighted by Gasteiger charge is 2.15. The molecule has 3 aromatic rings. The van der Waals surface area contributed by atoms with Crippen molar-refractivity contribution in [2.75, 3.05) is 23.8 Å². The van der Waals surface area contributed by atoms with Crippen molar-refractivity contribution in [3.63, 3.8) is 0 Å². The molecule has 0 radical (unpaired) electrons. The first-order valence-corrected chi connectivity index (χ1v) is 10.7. The minimum absolute atomic E-state index is 0.00367. The molecule has 0 unspecified atom stereocenters. The fourth-order valence-corrected chi connectivity index (χ4v) is 3.74. The molecule has 0 heterocycles. The summed E-state index contributed by atoms with van der Waals surface area (Å²) in [6.07, 6.45) is 0. The molecule has 30 heavy (non-hydrogen) atoms. The van der Waals surface area contributed by atoms with E-state index in [0.717, 1.165) is 0 Å². The first-order valence-electron chi connectivity index (χ1n) is 8.81. The lowest BCUT2D eigenvalue weighted by atomic mass is 10.3. The maximum Gasteiger partial charge on any atom is 0.262 e. The van der Waals surface area contributed by atoms with Crippen LogP contribution < -0.4 is 19.5 Å². The zero-order valence-electron chi connectivity index (χ0n) is 16.0. The Kier molecular flexibility index (Phi) is 6.81. The predicted molar refractivity (Wildman–Crippen MR) is 116 cm³/mol. The second-order valence-corrected chi connectivity index (χ2v) is 8.27. The van der Waals surface area contributed by atoms with E-state index in [2.05, 4.69) is 10.0 Å². The van der Waals surface area contributed by atoms with E-state index >= 15 is 0 Å². The van der Waals surface area contributed by atoms with Gasteiger partial charge in [-0.2, -0.15) is 0 Å². The Morgan fingerprint density at radius 1 is 0.933 bits per heavy atom. The summed E-state index contributed by atoms with van der Waals surface area (Å²) in [7, 11) is -2.30. The van der Waals surface area contributed by atoms with Gasteiger partial charge in [-0.15, -0.1) is 0 Å². The average Bonchev–Trinajstić information content (AvgIpc) is 2.74. The predicted octanol–water partition coefficient (Wildman–Crippen LogP) is 4.17. The van der Waals surface area contributed by atoms with Gasteiger partial charge in [0.2, 0.25) is 0 Å². The second kappa shape index (κ2) is 9.51. The van der Waals surface area contributed by atoms with Crippen LogP contribution in [0.15, 0.2) is 77.7 Å². The zero-order chi connectivity index (χ0) is 21.6. The van der Waals surface area contributed by atoms with Crippen LogP contribution in [0.2, 0.25) is 5.02 Å². The van der Waals surface area contributed by atoms with Crippen LogP contribution in [0.5, 0.6) is 11.5 Å². The van der Waals surface area contributed by atoms with E-state index in [1.54, 1.807) is 54.6 Å². The zero-order valence-corrected chi connectivity index (χ0v) is 17.5. The number of carbonyl (C=O) groups is 1.